The molecule has 0 saturated heterocycles. The first kappa shape index (κ1) is 28.7. The van der Waals surface area contributed by atoms with Gasteiger partial charge in [0.2, 0.25) is 0 Å². The third-order valence-electron chi connectivity index (χ3n) is 7.75. The lowest BCUT2D eigenvalue weighted by Gasteiger charge is -2.44. The van der Waals surface area contributed by atoms with Crippen LogP contribution in [0.4, 0.5) is 0 Å². The van der Waals surface area contributed by atoms with Crippen LogP contribution in [0.3, 0.4) is 0 Å². The summed E-state index contributed by atoms with van der Waals surface area (Å²) in [4.78, 5) is 29.4. The van der Waals surface area contributed by atoms with Crippen LogP contribution in [0.5, 0.6) is 11.5 Å². The van der Waals surface area contributed by atoms with Crippen LogP contribution < -0.4 is 9.47 Å². The summed E-state index contributed by atoms with van der Waals surface area (Å²) < 4.78 is 17.5. The largest absolute Gasteiger partial charge is 0.490 e. The van der Waals surface area contributed by atoms with Crippen LogP contribution in [0.25, 0.3) is 0 Å². The van der Waals surface area contributed by atoms with Crippen molar-refractivity contribution in [1.82, 2.24) is 4.90 Å². The lowest BCUT2D eigenvalue weighted by molar-refractivity contribution is -0.117. The van der Waals surface area contributed by atoms with Gasteiger partial charge in [-0.2, -0.15) is 0 Å². The molecule has 1 heterocycles. The standard InChI is InChI=1S/C32H35Cl2NO5/c1-3-39-28-18-21(17-23(34)32(28)40-19-20-8-4-9-22(33)16-20)29-30-24(10-5-12-26(30)36)35(14-7-15-38-2)25-11-6-13-27(37)31(25)29/h4,8-9,16-18,29H,3,5-7,10-15,19H2,1-2H3. The zero-order valence-electron chi connectivity index (χ0n) is 23.1. The molecule has 0 atom stereocenters. The van der Waals surface area contributed by atoms with Gasteiger partial charge in [0.15, 0.2) is 23.1 Å². The molecule has 0 bridgehead atoms. The number of ether oxygens (including phenoxy) is 3. The molecule has 0 fully saturated rings. The van der Waals surface area contributed by atoms with Crippen molar-refractivity contribution in [2.24, 2.45) is 0 Å². The van der Waals surface area contributed by atoms with Gasteiger partial charge in [-0.1, -0.05) is 35.3 Å². The van der Waals surface area contributed by atoms with Crippen molar-refractivity contribution in [3.8, 4) is 11.5 Å². The van der Waals surface area contributed by atoms with Crippen LogP contribution in [-0.2, 0) is 20.9 Å². The van der Waals surface area contributed by atoms with E-state index in [1.54, 1.807) is 7.11 Å². The highest BCUT2D eigenvalue weighted by Crippen LogP contribution is 2.51. The second-order valence-electron chi connectivity index (χ2n) is 10.4. The number of nitrogens with zero attached hydrogens (tertiary/aromatic N) is 1. The number of Topliss-reactive ketones (excluding diaryl/α,β-unsaturated/α-hetero) is 2. The van der Waals surface area contributed by atoms with Crippen molar-refractivity contribution in [3.05, 3.63) is 80.1 Å². The van der Waals surface area contributed by atoms with Crippen LogP contribution in [0.2, 0.25) is 10.0 Å². The molecule has 0 N–H and O–H groups in total. The quantitative estimate of drug-likeness (QED) is 0.271. The van der Waals surface area contributed by atoms with Crippen LogP contribution in [0.15, 0.2) is 58.9 Å². The predicted molar refractivity (Wildman–Crippen MR) is 156 cm³/mol. The normalized spacial score (nSPS) is 17.8. The van der Waals surface area contributed by atoms with Crippen LogP contribution in [0.1, 0.15) is 68.9 Å². The highest BCUT2D eigenvalue weighted by atomic mass is 35.5. The molecule has 0 spiro atoms. The molecule has 0 saturated carbocycles. The molecule has 5 rings (SSSR count). The Labute approximate surface area is 245 Å². The van der Waals surface area contributed by atoms with Gasteiger partial charge in [0, 0.05) is 66.6 Å². The van der Waals surface area contributed by atoms with Crippen molar-refractivity contribution < 1.29 is 23.8 Å². The molecule has 8 heteroatoms. The smallest absolute Gasteiger partial charge is 0.180 e. The van der Waals surface area contributed by atoms with Crippen molar-refractivity contribution >= 4 is 34.8 Å². The van der Waals surface area contributed by atoms with Crippen molar-refractivity contribution in [2.45, 2.75) is 64.4 Å². The summed E-state index contributed by atoms with van der Waals surface area (Å²) in [6, 6.07) is 11.2. The third-order valence-corrected chi connectivity index (χ3v) is 8.27. The molecule has 0 amide bonds. The van der Waals surface area contributed by atoms with Crippen molar-refractivity contribution in [2.75, 3.05) is 26.9 Å². The Bertz CT molecular complexity index is 1320. The van der Waals surface area contributed by atoms with Gasteiger partial charge >= 0.3 is 0 Å². The maximum absolute atomic E-state index is 13.6. The zero-order valence-corrected chi connectivity index (χ0v) is 24.6. The topological polar surface area (TPSA) is 65.1 Å². The maximum atomic E-state index is 13.6. The third kappa shape index (κ3) is 5.81. The molecule has 2 aliphatic carbocycles. The fraction of sp³-hybridized carbons (Fsp3) is 0.438. The number of carbonyl (C=O) groups is 2. The van der Waals surface area contributed by atoms with E-state index in [2.05, 4.69) is 4.90 Å². The maximum Gasteiger partial charge on any atom is 0.180 e. The summed E-state index contributed by atoms with van der Waals surface area (Å²) in [5, 5.41) is 1.00. The number of allylic oxidation sites excluding steroid dienone is 4. The van der Waals surface area contributed by atoms with Crippen LogP contribution in [-0.4, -0.2) is 43.3 Å². The highest BCUT2D eigenvalue weighted by molar-refractivity contribution is 6.32. The Morgan fingerprint density at radius 1 is 0.925 bits per heavy atom. The average Bonchev–Trinajstić information content (AvgIpc) is 2.93. The highest BCUT2D eigenvalue weighted by Gasteiger charge is 2.43. The average molecular weight is 585 g/mol. The second-order valence-corrected chi connectivity index (χ2v) is 11.2. The molecular formula is C32H35Cl2NO5. The second kappa shape index (κ2) is 12.8. The minimum absolute atomic E-state index is 0.100. The molecule has 2 aromatic rings. The van der Waals surface area contributed by atoms with E-state index in [4.69, 9.17) is 37.4 Å². The Kier molecular flexibility index (Phi) is 9.19. The number of methoxy groups -OCH3 is 1. The van der Waals surface area contributed by atoms with E-state index < -0.39 is 5.92 Å². The SMILES string of the molecule is CCOc1cc(C2C3=C(CCCC3=O)N(CCCOC)C3=C2C(=O)CCC3)cc(Cl)c1OCc1cccc(Cl)c1. The van der Waals surface area contributed by atoms with Crippen LogP contribution >= 0.6 is 23.2 Å². The summed E-state index contributed by atoms with van der Waals surface area (Å²) in [5.74, 6) is 0.650. The molecule has 3 aliphatic rings. The van der Waals surface area contributed by atoms with E-state index in [1.165, 1.54) is 0 Å². The van der Waals surface area contributed by atoms with Gasteiger partial charge < -0.3 is 19.1 Å². The molecular weight excluding hydrogens is 549 g/mol. The van der Waals surface area contributed by atoms with Gasteiger partial charge in [0.25, 0.3) is 0 Å². The minimum atomic E-state index is -0.469. The Balaban J connectivity index is 1.59. The predicted octanol–water partition coefficient (Wildman–Crippen LogP) is 7.42. The molecule has 212 valence electrons. The van der Waals surface area contributed by atoms with Gasteiger partial charge in [-0.25, -0.2) is 0 Å². The Morgan fingerprint density at radius 2 is 1.62 bits per heavy atom. The first-order valence-corrected chi connectivity index (χ1v) is 14.8. The molecule has 0 radical (unpaired) electrons. The van der Waals surface area contributed by atoms with E-state index in [-0.39, 0.29) is 18.2 Å². The fourth-order valence-electron chi connectivity index (χ4n) is 6.13. The first-order chi connectivity index (χ1) is 19.4. The van der Waals surface area contributed by atoms with Gasteiger partial charge in [-0.15, -0.1) is 0 Å². The number of rotatable bonds is 10. The molecule has 40 heavy (non-hydrogen) atoms. The fourth-order valence-corrected chi connectivity index (χ4v) is 6.61. The van der Waals surface area contributed by atoms with Crippen molar-refractivity contribution in [3.63, 3.8) is 0 Å². The lowest BCUT2D eigenvalue weighted by atomic mass is 9.71. The zero-order chi connectivity index (χ0) is 28.2. The number of halogens is 2. The Hall–Kier alpha value is -2.80. The van der Waals surface area contributed by atoms with E-state index in [1.807, 2.05) is 43.3 Å². The summed E-state index contributed by atoms with van der Waals surface area (Å²) in [6.45, 7) is 3.92. The number of hydrogen-bond donors (Lipinski definition) is 0. The number of hydrogen-bond acceptors (Lipinski definition) is 6. The Morgan fingerprint density at radius 3 is 2.25 bits per heavy atom. The van der Waals surface area contributed by atoms with E-state index in [0.29, 0.717) is 47.6 Å². The van der Waals surface area contributed by atoms with Gasteiger partial charge in [-0.05, 0) is 74.4 Å². The van der Waals surface area contributed by atoms with Gasteiger partial charge in [-0.3, -0.25) is 9.59 Å². The number of ketones is 2. The molecule has 1 aliphatic heterocycles. The number of carbonyl (C=O) groups excluding carboxylic acids is 2. The minimum Gasteiger partial charge on any atom is -0.490 e. The first-order valence-electron chi connectivity index (χ1n) is 14.0. The lowest BCUT2D eigenvalue weighted by Crippen LogP contribution is -2.39. The van der Waals surface area contributed by atoms with Crippen molar-refractivity contribution in [1.29, 1.82) is 0 Å². The molecule has 0 aromatic heterocycles. The number of benzene rings is 2. The summed E-state index contributed by atoms with van der Waals surface area (Å²) >= 11 is 13.0. The molecule has 0 unspecified atom stereocenters. The molecule has 6 nitrogen and oxygen atoms in total. The van der Waals surface area contributed by atoms with E-state index in [0.717, 1.165) is 72.3 Å². The van der Waals surface area contributed by atoms with Crippen LogP contribution in [0, 0.1) is 0 Å². The van der Waals surface area contributed by atoms with Gasteiger partial charge in [0.05, 0.1) is 11.6 Å². The van der Waals surface area contributed by atoms with E-state index >= 15 is 0 Å². The summed E-state index contributed by atoms with van der Waals surface area (Å²) in [7, 11) is 1.69. The molecule has 2 aromatic carbocycles. The summed E-state index contributed by atoms with van der Waals surface area (Å²) in [6.07, 6.45) is 5.00. The van der Waals surface area contributed by atoms with E-state index in [9.17, 15) is 9.59 Å². The van der Waals surface area contributed by atoms with Gasteiger partial charge in [0.1, 0.15) is 6.61 Å². The monoisotopic (exact) mass is 583 g/mol. The summed E-state index contributed by atoms with van der Waals surface area (Å²) in [5.41, 5.74) is 5.22.